The van der Waals surface area contributed by atoms with Crippen LogP contribution >= 0.6 is 23.6 Å². The van der Waals surface area contributed by atoms with Crippen molar-refractivity contribution < 1.29 is 9.53 Å². The molecule has 0 aliphatic rings. The van der Waals surface area contributed by atoms with Crippen molar-refractivity contribution >= 4 is 34.6 Å². The lowest BCUT2D eigenvalue weighted by molar-refractivity contribution is 0.102. The van der Waals surface area contributed by atoms with Gasteiger partial charge in [0, 0.05) is 11.9 Å². The minimum absolute atomic E-state index is 0.0224. The van der Waals surface area contributed by atoms with Crippen molar-refractivity contribution in [3.8, 4) is 5.75 Å². The maximum atomic E-state index is 12.7. The molecule has 0 saturated heterocycles. The molecule has 3 aromatic rings. The number of para-hydroxylation sites is 1. The van der Waals surface area contributed by atoms with Crippen LogP contribution in [0.1, 0.15) is 35.7 Å². The Morgan fingerprint density at radius 3 is 3.00 bits per heavy atom. The number of allylic oxidation sites excluding steroid dienone is 1. The predicted molar refractivity (Wildman–Crippen MR) is 113 cm³/mol. The van der Waals surface area contributed by atoms with Crippen LogP contribution < -0.4 is 10.1 Å². The summed E-state index contributed by atoms with van der Waals surface area (Å²) >= 11 is 6.58. The molecule has 1 amide bonds. The van der Waals surface area contributed by atoms with Gasteiger partial charge in [-0.1, -0.05) is 18.2 Å². The molecular formula is C19H21N5O2S2. The van der Waals surface area contributed by atoms with Crippen LogP contribution in [0.3, 0.4) is 0 Å². The summed E-state index contributed by atoms with van der Waals surface area (Å²) < 4.78 is 8.12. The Hall–Kier alpha value is -2.78. The smallest absolute Gasteiger partial charge is 0.261 e. The summed E-state index contributed by atoms with van der Waals surface area (Å²) in [6.45, 7) is 8.15. The highest BCUT2D eigenvalue weighted by atomic mass is 32.1. The predicted octanol–water partition coefficient (Wildman–Crippen LogP) is 4.21. The normalized spacial score (nSPS) is 10.8. The van der Waals surface area contributed by atoms with Crippen molar-refractivity contribution in [3.05, 3.63) is 64.2 Å². The lowest BCUT2D eigenvalue weighted by atomic mass is 10.2. The van der Waals surface area contributed by atoms with E-state index in [-0.39, 0.29) is 12.0 Å². The molecule has 1 aromatic carbocycles. The van der Waals surface area contributed by atoms with E-state index >= 15 is 0 Å². The summed E-state index contributed by atoms with van der Waals surface area (Å²) in [6, 6.07) is 7.16. The van der Waals surface area contributed by atoms with Gasteiger partial charge in [-0.15, -0.1) is 17.9 Å². The van der Waals surface area contributed by atoms with E-state index in [1.165, 1.54) is 11.3 Å². The molecule has 0 aliphatic carbocycles. The number of thiazole rings is 1. The van der Waals surface area contributed by atoms with Crippen LogP contribution in [-0.2, 0) is 13.0 Å². The van der Waals surface area contributed by atoms with Gasteiger partial charge in [0.1, 0.15) is 11.6 Å². The van der Waals surface area contributed by atoms with Gasteiger partial charge in [-0.05, 0) is 38.2 Å². The van der Waals surface area contributed by atoms with Gasteiger partial charge in [0.25, 0.3) is 5.91 Å². The maximum Gasteiger partial charge on any atom is 0.261 e. The highest BCUT2D eigenvalue weighted by Crippen LogP contribution is 2.23. The molecule has 0 radical (unpaired) electrons. The second kappa shape index (κ2) is 8.94. The number of aromatic nitrogens is 4. The summed E-state index contributed by atoms with van der Waals surface area (Å²) in [5.74, 6) is 1.06. The standard InChI is InChI=1S/C19H21N5O2S2/c1-4-9-24-16(22-23-19(24)27)10-13-11-28-18(20-13)21-17(25)14-7-5-6-8-15(14)26-12(2)3/h4-8,11-12H,1,9-10H2,2-3H3,(H,23,27)(H,20,21,25). The average Bonchev–Trinajstić information content (AvgIpc) is 3.23. The van der Waals surface area contributed by atoms with Gasteiger partial charge in [-0.25, -0.2) is 4.98 Å². The number of carbonyl (C=O) groups excluding carboxylic acids is 1. The van der Waals surface area contributed by atoms with Gasteiger partial charge < -0.3 is 4.74 Å². The molecule has 9 heteroatoms. The van der Waals surface area contributed by atoms with E-state index < -0.39 is 0 Å². The monoisotopic (exact) mass is 415 g/mol. The number of nitrogens with one attached hydrogen (secondary N) is 2. The van der Waals surface area contributed by atoms with E-state index in [1.807, 2.05) is 29.9 Å². The summed E-state index contributed by atoms with van der Waals surface area (Å²) in [6.07, 6.45) is 2.24. The fourth-order valence-electron chi connectivity index (χ4n) is 2.59. The molecule has 0 bridgehead atoms. The Balaban J connectivity index is 1.73. The molecule has 2 aromatic heterocycles. The van der Waals surface area contributed by atoms with Gasteiger partial charge in [0.05, 0.1) is 23.8 Å². The van der Waals surface area contributed by atoms with Crippen LogP contribution in [0.25, 0.3) is 0 Å². The topological polar surface area (TPSA) is 84.8 Å². The van der Waals surface area contributed by atoms with Crippen LogP contribution in [0.5, 0.6) is 5.75 Å². The highest BCUT2D eigenvalue weighted by Gasteiger charge is 2.15. The lowest BCUT2D eigenvalue weighted by Gasteiger charge is -2.13. The molecule has 3 rings (SSSR count). The number of H-pyrrole nitrogens is 1. The van der Waals surface area contributed by atoms with Crippen LogP contribution in [-0.4, -0.2) is 31.8 Å². The van der Waals surface area contributed by atoms with Gasteiger partial charge in [0.2, 0.25) is 0 Å². The number of benzene rings is 1. The largest absolute Gasteiger partial charge is 0.490 e. The number of rotatable bonds is 8. The van der Waals surface area contributed by atoms with Gasteiger partial charge in [0.15, 0.2) is 9.90 Å². The maximum absolute atomic E-state index is 12.7. The Bertz CT molecular complexity index is 1030. The zero-order valence-electron chi connectivity index (χ0n) is 15.6. The third-order valence-corrected chi connectivity index (χ3v) is 4.87. The number of amides is 1. The average molecular weight is 416 g/mol. The fraction of sp³-hybridized carbons (Fsp3) is 0.263. The first-order valence-corrected chi connectivity index (χ1v) is 10.0. The quantitative estimate of drug-likeness (QED) is 0.425. The van der Waals surface area contributed by atoms with Crippen LogP contribution in [0.15, 0.2) is 42.3 Å². The first kappa shape index (κ1) is 20.0. The molecule has 2 N–H and O–H groups in total. The van der Waals surface area contributed by atoms with E-state index in [9.17, 15) is 4.79 Å². The Kier molecular flexibility index (Phi) is 6.37. The van der Waals surface area contributed by atoms with Crippen LogP contribution in [0.4, 0.5) is 5.13 Å². The number of nitrogens with zero attached hydrogens (tertiary/aromatic N) is 3. The molecule has 0 unspecified atom stereocenters. The Morgan fingerprint density at radius 2 is 2.25 bits per heavy atom. The number of hydrogen-bond donors (Lipinski definition) is 2. The van der Waals surface area contributed by atoms with E-state index in [2.05, 4.69) is 27.1 Å². The minimum atomic E-state index is -0.258. The molecule has 7 nitrogen and oxygen atoms in total. The second-order valence-electron chi connectivity index (χ2n) is 6.28. The summed E-state index contributed by atoms with van der Waals surface area (Å²) in [4.78, 5) is 17.1. The molecule has 0 aliphatic heterocycles. The van der Waals surface area contributed by atoms with E-state index in [0.717, 1.165) is 11.5 Å². The molecular weight excluding hydrogens is 394 g/mol. The van der Waals surface area contributed by atoms with Crippen molar-refractivity contribution in [2.24, 2.45) is 0 Å². The zero-order chi connectivity index (χ0) is 20.1. The van der Waals surface area contributed by atoms with Crippen LogP contribution in [0.2, 0.25) is 0 Å². The van der Waals surface area contributed by atoms with Crippen molar-refractivity contribution in [3.63, 3.8) is 0 Å². The van der Waals surface area contributed by atoms with Gasteiger partial charge in [-0.3, -0.25) is 19.8 Å². The second-order valence-corrected chi connectivity index (χ2v) is 7.53. The van der Waals surface area contributed by atoms with Crippen molar-refractivity contribution in [1.82, 2.24) is 19.7 Å². The Labute approximate surface area is 172 Å². The van der Waals surface area contributed by atoms with Crippen LogP contribution in [0, 0.1) is 4.77 Å². The minimum Gasteiger partial charge on any atom is -0.490 e. The van der Waals surface area contributed by atoms with Gasteiger partial charge in [-0.2, -0.15) is 5.10 Å². The molecule has 28 heavy (non-hydrogen) atoms. The van der Waals surface area contributed by atoms with E-state index in [0.29, 0.717) is 34.2 Å². The first-order valence-electron chi connectivity index (χ1n) is 8.74. The SMILES string of the molecule is C=CCn1c(Cc2csc(NC(=O)c3ccccc3OC(C)C)n2)n[nH]c1=S. The molecule has 0 saturated carbocycles. The summed E-state index contributed by atoms with van der Waals surface area (Å²) in [5.41, 5.74) is 1.27. The van der Waals surface area contributed by atoms with Crippen molar-refractivity contribution in [1.29, 1.82) is 0 Å². The number of hydrogen-bond acceptors (Lipinski definition) is 6. The van der Waals surface area contributed by atoms with Gasteiger partial charge >= 0.3 is 0 Å². The van der Waals surface area contributed by atoms with Crippen molar-refractivity contribution in [2.45, 2.75) is 32.9 Å². The Morgan fingerprint density at radius 1 is 1.46 bits per heavy atom. The third-order valence-electron chi connectivity index (χ3n) is 3.75. The molecule has 0 spiro atoms. The fourth-order valence-corrected chi connectivity index (χ4v) is 3.52. The van der Waals surface area contributed by atoms with Crippen molar-refractivity contribution in [2.75, 3.05) is 5.32 Å². The van der Waals surface area contributed by atoms with E-state index in [1.54, 1.807) is 24.3 Å². The lowest BCUT2D eigenvalue weighted by Crippen LogP contribution is -2.15. The number of anilines is 1. The molecule has 2 heterocycles. The first-order chi connectivity index (χ1) is 13.5. The molecule has 0 atom stereocenters. The number of aromatic amines is 1. The molecule has 146 valence electrons. The summed E-state index contributed by atoms with van der Waals surface area (Å²) in [7, 11) is 0. The highest BCUT2D eigenvalue weighted by molar-refractivity contribution is 7.71. The molecule has 0 fully saturated rings. The third kappa shape index (κ3) is 4.73. The number of ether oxygens (including phenoxy) is 1. The van der Waals surface area contributed by atoms with E-state index in [4.69, 9.17) is 17.0 Å². The zero-order valence-corrected chi connectivity index (χ0v) is 17.3. The number of carbonyl (C=O) groups is 1. The summed E-state index contributed by atoms with van der Waals surface area (Å²) in [5, 5.41) is 12.3.